The van der Waals surface area contributed by atoms with Gasteiger partial charge in [-0.15, -0.1) is 0 Å². The molecule has 1 aromatic carbocycles. The minimum Gasteiger partial charge on any atom is -0.427 e. The SMILES string of the molecule is NC(=O)Nc1ccc(OC(=O)CCCCCCC2=CC(O)CC2=O)cc1. The van der Waals surface area contributed by atoms with Gasteiger partial charge in [0, 0.05) is 18.5 Å². The molecule has 1 aromatic rings. The van der Waals surface area contributed by atoms with E-state index in [1.807, 2.05) is 0 Å². The maximum Gasteiger partial charge on any atom is 0.316 e. The van der Waals surface area contributed by atoms with E-state index in [4.69, 9.17) is 10.5 Å². The zero-order chi connectivity index (χ0) is 18.9. The van der Waals surface area contributed by atoms with Gasteiger partial charge < -0.3 is 20.9 Å². The normalized spacial score (nSPS) is 16.3. The fourth-order valence-electron chi connectivity index (χ4n) is 2.80. The standard InChI is InChI=1S/C19H24N2O5/c20-19(25)21-14-7-9-16(10-8-14)26-18(24)6-4-2-1-3-5-13-11-15(22)12-17(13)23/h7-11,15,22H,1-6,12H2,(H3,20,21,25). The Bertz CT molecular complexity index is 682. The molecule has 0 saturated carbocycles. The van der Waals surface area contributed by atoms with E-state index in [-0.39, 0.29) is 18.2 Å². The van der Waals surface area contributed by atoms with E-state index >= 15 is 0 Å². The van der Waals surface area contributed by atoms with Crippen molar-refractivity contribution in [3.63, 3.8) is 0 Å². The molecule has 1 aliphatic rings. The number of aliphatic hydroxyl groups is 1. The summed E-state index contributed by atoms with van der Waals surface area (Å²) in [4.78, 5) is 34.1. The van der Waals surface area contributed by atoms with E-state index in [1.165, 1.54) is 0 Å². The highest BCUT2D eigenvalue weighted by Gasteiger charge is 2.21. The number of allylic oxidation sites excluding steroid dienone is 1. The van der Waals surface area contributed by atoms with Crippen molar-refractivity contribution >= 4 is 23.5 Å². The van der Waals surface area contributed by atoms with Gasteiger partial charge in [0.05, 0.1) is 6.10 Å². The summed E-state index contributed by atoms with van der Waals surface area (Å²) in [7, 11) is 0. The highest BCUT2D eigenvalue weighted by atomic mass is 16.5. The second kappa shape index (κ2) is 9.72. The molecule has 0 fully saturated rings. The summed E-state index contributed by atoms with van der Waals surface area (Å²) in [6, 6.07) is 5.72. The Balaban J connectivity index is 1.58. The first-order valence-electron chi connectivity index (χ1n) is 8.73. The number of rotatable bonds is 9. The number of hydrogen-bond acceptors (Lipinski definition) is 5. The van der Waals surface area contributed by atoms with E-state index < -0.39 is 12.1 Å². The summed E-state index contributed by atoms with van der Waals surface area (Å²) in [6.07, 6.45) is 5.62. The Kier molecular flexibility index (Phi) is 7.35. The minimum atomic E-state index is -0.653. The maximum absolute atomic E-state index is 11.8. The van der Waals surface area contributed by atoms with Crippen LogP contribution in [0.1, 0.15) is 44.9 Å². The highest BCUT2D eigenvalue weighted by Crippen LogP contribution is 2.21. The van der Waals surface area contributed by atoms with Crippen molar-refractivity contribution in [3.8, 4) is 5.75 Å². The predicted octanol–water partition coefficient (Wildman–Crippen LogP) is 2.68. The first kappa shape index (κ1) is 19.7. The average Bonchev–Trinajstić information content (AvgIpc) is 2.89. The molecule has 2 rings (SSSR count). The Hall–Kier alpha value is -2.67. The van der Waals surface area contributed by atoms with Gasteiger partial charge >= 0.3 is 12.0 Å². The van der Waals surface area contributed by atoms with Gasteiger partial charge in [0.25, 0.3) is 0 Å². The lowest BCUT2D eigenvalue weighted by Gasteiger charge is -2.06. The van der Waals surface area contributed by atoms with Crippen LogP contribution in [0.15, 0.2) is 35.9 Å². The number of amides is 2. The second-order valence-corrected chi connectivity index (χ2v) is 6.29. The molecule has 26 heavy (non-hydrogen) atoms. The van der Waals surface area contributed by atoms with Gasteiger partial charge in [-0.05, 0) is 55.2 Å². The van der Waals surface area contributed by atoms with Crippen LogP contribution in [-0.4, -0.2) is 29.0 Å². The molecule has 1 aliphatic carbocycles. The first-order chi connectivity index (χ1) is 12.4. The molecule has 7 heteroatoms. The number of urea groups is 1. The number of carbonyl (C=O) groups excluding carboxylic acids is 3. The number of primary amides is 1. The molecule has 0 bridgehead atoms. The van der Waals surface area contributed by atoms with Crippen LogP contribution in [-0.2, 0) is 9.59 Å². The lowest BCUT2D eigenvalue weighted by atomic mass is 10.0. The molecule has 7 nitrogen and oxygen atoms in total. The second-order valence-electron chi connectivity index (χ2n) is 6.29. The van der Waals surface area contributed by atoms with Crippen LogP contribution in [0.2, 0.25) is 0 Å². The summed E-state index contributed by atoms with van der Waals surface area (Å²) < 4.78 is 5.22. The number of nitrogens with two attached hydrogens (primary N) is 1. The van der Waals surface area contributed by atoms with E-state index in [0.717, 1.165) is 31.3 Å². The number of ether oxygens (including phenoxy) is 1. The number of carbonyl (C=O) groups is 3. The molecule has 0 saturated heterocycles. The topological polar surface area (TPSA) is 119 Å². The fourth-order valence-corrected chi connectivity index (χ4v) is 2.80. The van der Waals surface area contributed by atoms with Crippen LogP contribution in [0.3, 0.4) is 0 Å². The van der Waals surface area contributed by atoms with Crippen molar-refractivity contribution in [2.45, 2.75) is 51.0 Å². The summed E-state index contributed by atoms with van der Waals surface area (Å²) in [5, 5.41) is 11.8. The lowest BCUT2D eigenvalue weighted by Crippen LogP contribution is -2.19. The average molecular weight is 360 g/mol. The van der Waals surface area contributed by atoms with Crippen LogP contribution in [0, 0.1) is 0 Å². The van der Waals surface area contributed by atoms with Gasteiger partial charge in [-0.2, -0.15) is 0 Å². The smallest absolute Gasteiger partial charge is 0.316 e. The Morgan fingerprint density at radius 3 is 2.46 bits per heavy atom. The number of hydrogen-bond donors (Lipinski definition) is 3. The number of unbranched alkanes of at least 4 members (excludes halogenated alkanes) is 3. The van der Waals surface area contributed by atoms with Crippen molar-refractivity contribution < 1.29 is 24.2 Å². The Labute approximate surface area is 152 Å². The van der Waals surface area contributed by atoms with Crippen molar-refractivity contribution in [3.05, 3.63) is 35.9 Å². The third kappa shape index (κ3) is 6.68. The Morgan fingerprint density at radius 2 is 1.85 bits per heavy atom. The number of esters is 1. The van der Waals surface area contributed by atoms with Crippen LogP contribution in [0.25, 0.3) is 0 Å². The van der Waals surface area contributed by atoms with Crippen LogP contribution in [0.5, 0.6) is 5.75 Å². The van der Waals surface area contributed by atoms with Gasteiger partial charge in [0.15, 0.2) is 5.78 Å². The number of nitrogens with one attached hydrogen (secondary N) is 1. The number of anilines is 1. The maximum atomic E-state index is 11.8. The molecule has 1 atom stereocenters. The van der Waals surface area contributed by atoms with Gasteiger partial charge in [-0.3, -0.25) is 9.59 Å². The zero-order valence-corrected chi connectivity index (χ0v) is 14.6. The molecule has 4 N–H and O–H groups in total. The monoisotopic (exact) mass is 360 g/mol. The van der Waals surface area contributed by atoms with Crippen molar-refractivity contribution in [1.29, 1.82) is 0 Å². The summed E-state index contributed by atoms with van der Waals surface area (Å²) in [6.45, 7) is 0. The zero-order valence-electron chi connectivity index (χ0n) is 14.6. The molecule has 0 spiro atoms. The quantitative estimate of drug-likeness (QED) is 0.355. The molecule has 140 valence electrons. The van der Waals surface area contributed by atoms with Crippen molar-refractivity contribution in [2.24, 2.45) is 5.73 Å². The first-order valence-corrected chi connectivity index (χ1v) is 8.73. The van der Waals surface area contributed by atoms with Gasteiger partial charge in [-0.1, -0.05) is 12.8 Å². The van der Waals surface area contributed by atoms with Gasteiger partial charge in [0.2, 0.25) is 0 Å². The number of ketones is 1. The van der Waals surface area contributed by atoms with Crippen LogP contribution in [0.4, 0.5) is 10.5 Å². The van der Waals surface area contributed by atoms with Gasteiger partial charge in [-0.25, -0.2) is 4.79 Å². The molecule has 0 aromatic heterocycles. The highest BCUT2D eigenvalue weighted by molar-refractivity contribution is 5.98. The van der Waals surface area contributed by atoms with E-state index in [2.05, 4.69) is 5.32 Å². The molecule has 1 unspecified atom stereocenters. The summed E-state index contributed by atoms with van der Waals surface area (Å²) in [5.41, 5.74) is 6.27. The molecule has 2 amide bonds. The summed E-state index contributed by atoms with van der Waals surface area (Å²) >= 11 is 0. The fraction of sp³-hybridized carbons (Fsp3) is 0.421. The minimum absolute atomic E-state index is 0.0399. The molecule has 0 heterocycles. The third-order valence-corrected chi connectivity index (χ3v) is 4.08. The summed E-state index contributed by atoms with van der Waals surface area (Å²) in [5.74, 6) is 0.144. The number of Topliss-reactive ketones (excluding diaryl/α,β-unsaturated/α-hetero) is 1. The van der Waals surface area contributed by atoms with E-state index in [1.54, 1.807) is 30.3 Å². The van der Waals surface area contributed by atoms with Crippen LogP contribution < -0.4 is 15.8 Å². The number of benzene rings is 1. The third-order valence-electron chi connectivity index (χ3n) is 4.08. The van der Waals surface area contributed by atoms with Crippen LogP contribution >= 0.6 is 0 Å². The predicted molar refractivity (Wildman–Crippen MR) is 96.7 cm³/mol. The largest absolute Gasteiger partial charge is 0.427 e. The Morgan fingerprint density at radius 1 is 1.15 bits per heavy atom. The van der Waals surface area contributed by atoms with Crippen molar-refractivity contribution in [1.82, 2.24) is 0 Å². The molecular formula is C19H24N2O5. The van der Waals surface area contributed by atoms with E-state index in [9.17, 15) is 19.5 Å². The molecule has 0 radical (unpaired) electrons. The van der Waals surface area contributed by atoms with E-state index in [0.29, 0.717) is 24.3 Å². The molecular weight excluding hydrogens is 336 g/mol. The molecule has 0 aliphatic heterocycles. The van der Waals surface area contributed by atoms with Crippen molar-refractivity contribution in [2.75, 3.05) is 5.32 Å². The van der Waals surface area contributed by atoms with Gasteiger partial charge in [0.1, 0.15) is 5.75 Å². The number of aliphatic hydroxyl groups excluding tert-OH is 1. The lowest BCUT2D eigenvalue weighted by molar-refractivity contribution is -0.134.